The van der Waals surface area contributed by atoms with Crippen molar-refractivity contribution in [1.82, 2.24) is 4.98 Å². The van der Waals surface area contributed by atoms with E-state index in [2.05, 4.69) is 16.3 Å². The summed E-state index contributed by atoms with van der Waals surface area (Å²) in [7, 11) is 0. The van der Waals surface area contributed by atoms with Crippen molar-refractivity contribution in [3.63, 3.8) is 0 Å². The average Bonchev–Trinajstić information content (AvgIpc) is 3.12. The molecule has 0 spiro atoms. The maximum atomic E-state index is 12.5. The summed E-state index contributed by atoms with van der Waals surface area (Å²) in [6.45, 7) is 4.23. The van der Waals surface area contributed by atoms with Crippen LogP contribution < -0.4 is 0 Å². The van der Waals surface area contributed by atoms with Crippen molar-refractivity contribution in [2.24, 2.45) is 10.2 Å². The molecular weight excluding hydrogens is 689 g/mol. The fourth-order valence-electron chi connectivity index (χ4n) is 5.52. The predicted octanol–water partition coefficient (Wildman–Crippen LogP) is 6.88. The number of azo groups is 1. The van der Waals surface area contributed by atoms with Crippen LogP contribution in [0.5, 0.6) is 0 Å². The molecule has 1 aliphatic heterocycles. The number of thioether (sulfide) groups is 1. The number of nitriles is 1. The number of carbonyl (C=O) groups is 4. The van der Waals surface area contributed by atoms with E-state index in [-0.39, 0.29) is 10.6 Å². The van der Waals surface area contributed by atoms with Crippen molar-refractivity contribution in [2.75, 3.05) is 6.61 Å². The number of carbonyl (C=O) groups excluding carboxylic acids is 4. The van der Waals surface area contributed by atoms with Crippen molar-refractivity contribution >= 4 is 47.0 Å². The first-order valence-electron chi connectivity index (χ1n) is 16.1. The number of aromatic nitrogens is 1. The maximum absolute atomic E-state index is 12.5. The molecule has 1 aromatic heterocycles. The van der Waals surface area contributed by atoms with Crippen LogP contribution in [0.1, 0.15) is 33.3 Å². The molecular formula is C38H34N4O9S. The highest BCUT2D eigenvalue weighted by atomic mass is 32.2. The first-order chi connectivity index (χ1) is 25.0. The summed E-state index contributed by atoms with van der Waals surface area (Å²) < 4.78 is 28.4. The van der Waals surface area contributed by atoms with Crippen LogP contribution in [-0.4, -0.2) is 65.3 Å². The number of hydrogen-bond acceptors (Lipinski definition) is 14. The van der Waals surface area contributed by atoms with Crippen LogP contribution in [0.2, 0.25) is 0 Å². The molecule has 14 heteroatoms. The molecule has 0 radical (unpaired) electrons. The highest BCUT2D eigenvalue weighted by Gasteiger charge is 2.53. The number of nitrogens with zero attached hydrogens (tertiary/aromatic N) is 4. The van der Waals surface area contributed by atoms with Crippen LogP contribution in [0, 0.1) is 11.3 Å². The monoisotopic (exact) mass is 722 g/mol. The third kappa shape index (κ3) is 9.25. The van der Waals surface area contributed by atoms with Gasteiger partial charge in [-0.25, -0.2) is 4.98 Å². The Kier molecular flexibility index (Phi) is 12.5. The average molecular weight is 723 g/mol. The van der Waals surface area contributed by atoms with Crippen LogP contribution in [0.25, 0.3) is 22.4 Å². The standard InChI is InChI=1S/C38H34N4O9S/c1-22(43)47-21-30-34(48-23(2)44)35(49-24(3)45)36(50-25(4)46)38(51-30)52-37-29(20-39)31(26-14-8-5-9-15-26)33(42-41-28-18-12-7-13-19-28)32(40-37)27-16-10-6-11-17-27/h5-19,30,34-36,38H,21H2,1-4H3/t30-,34+,35+,36-,38+/m1/s1. The summed E-state index contributed by atoms with van der Waals surface area (Å²) in [4.78, 5) is 54.0. The molecule has 0 amide bonds. The molecule has 2 heterocycles. The zero-order chi connectivity index (χ0) is 37.2. The Labute approximate surface area is 303 Å². The van der Waals surface area contributed by atoms with E-state index in [0.29, 0.717) is 33.8 Å². The minimum absolute atomic E-state index is 0.103. The molecule has 1 aliphatic rings. The minimum atomic E-state index is -1.40. The van der Waals surface area contributed by atoms with Gasteiger partial charge in [0.05, 0.1) is 16.9 Å². The molecule has 3 aromatic carbocycles. The Morgan fingerprint density at radius 3 is 1.83 bits per heavy atom. The maximum Gasteiger partial charge on any atom is 0.303 e. The van der Waals surface area contributed by atoms with Gasteiger partial charge in [-0.2, -0.15) is 10.4 Å². The second-order valence-electron chi connectivity index (χ2n) is 11.4. The zero-order valence-corrected chi connectivity index (χ0v) is 29.4. The first kappa shape index (κ1) is 37.3. The van der Waals surface area contributed by atoms with Crippen LogP contribution in [0.4, 0.5) is 11.4 Å². The van der Waals surface area contributed by atoms with E-state index in [4.69, 9.17) is 28.7 Å². The van der Waals surface area contributed by atoms with E-state index in [1.807, 2.05) is 78.9 Å². The quantitative estimate of drug-likeness (QED) is 0.0893. The number of hydrogen-bond donors (Lipinski definition) is 0. The Bertz CT molecular complexity index is 1990. The summed E-state index contributed by atoms with van der Waals surface area (Å²) in [6, 6.07) is 29.7. The zero-order valence-electron chi connectivity index (χ0n) is 28.6. The van der Waals surface area contributed by atoms with E-state index in [9.17, 15) is 24.4 Å². The second kappa shape index (κ2) is 17.3. The fraction of sp³-hybridized carbons (Fsp3) is 0.263. The largest absolute Gasteiger partial charge is 0.463 e. The summed E-state index contributed by atoms with van der Waals surface area (Å²) in [6.07, 6.45) is -5.31. The molecule has 13 nitrogen and oxygen atoms in total. The lowest BCUT2D eigenvalue weighted by atomic mass is 9.96. The molecule has 1 saturated heterocycles. The number of esters is 4. The molecule has 0 unspecified atom stereocenters. The van der Waals surface area contributed by atoms with E-state index < -0.39 is 60.3 Å². The Morgan fingerprint density at radius 1 is 0.731 bits per heavy atom. The lowest BCUT2D eigenvalue weighted by Crippen LogP contribution is -2.61. The van der Waals surface area contributed by atoms with Crippen LogP contribution in [0.15, 0.2) is 106 Å². The highest BCUT2D eigenvalue weighted by molar-refractivity contribution is 7.99. The minimum Gasteiger partial charge on any atom is -0.463 e. The van der Waals surface area contributed by atoms with Crippen LogP contribution in [0.3, 0.4) is 0 Å². The molecule has 52 heavy (non-hydrogen) atoms. The van der Waals surface area contributed by atoms with Crippen molar-refractivity contribution in [3.8, 4) is 28.5 Å². The van der Waals surface area contributed by atoms with Crippen molar-refractivity contribution in [3.05, 3.63) is 96.6 Å². The normalized spacial score (nSPS) is 19.6. The Balaban J connectivity index is 1.74. The lowest BCUT2D eigenvalue weighted by molar-refractivity contribution is -0.237. The van der Waals surface area contributed by atoms with E-state index >= 15 is 0 Å². The number of pyridine rings is 1. The first-order valence-corrected chi connectivity index (χ1v) is 17.0. The topological polar surface area (TPSA) is 176 Å². The molecule has 4 aromatic rings. The van der Waals surface area contributed by atoms with Gasteiger partial charge in [0.2, 0.25) is 0 Å². The number of rotatable bonds is 11. The predicted molar refractivity (Wildman–Crippen MR) is 188 cm³/mol. The van der Waals surface area contributed by atoms with Gasteiger partial charge in [-0.1, -0.05) is 90.6 Å². The van der Waals surface area contributed by atoms with Gasteiger partial charge < -0.3 is 23.7 Å². The molecule has 1 fully saturated rings. The molecule has 266 valence electrons. The van der Waals surface area contributed by atoms with Gasteiger partial charge >= 0.3 is 23.9 Å². The molecule has 5 atom stereocenters. The van der Waals surface area contributed by atoms with Gasteiger partial charge in [0, 0.05) is 38.8 Å². The van der Waals surface area contributed by atoms with Gasteiger partial charge in [-0.3, -0.25) is 19.2 Å². The SMILES string of the molecule is CC(=O)OC[C@H]1O[C@@H](Sc2nc(-c3ccccc3)c(N=Nc3ccccc3)c(-c3ccccc3)c2C#N)[C@H](OC(C)=O)[C@@H](OC(C)=O)[C@H]1OC(C)=O. The Hall–Kier alpha value is -5.91. The van der Waals surface area contributed by atoms with Crippen molar-refractivity contribution < 1.29 is 42.9 Å². The molecule has 0 bridgehead atoms. The Morgan fingerprint density at radius 2 is 1.27 bits per heavy atom. The molecule has 0 N–H and O–H groups in total. The van der Waals surface area contributed by atoms with Gasteiger partial charge in [-0.15, -0.1) is 5.11 Å². The fourth-order valence-corrected chi connectivity index (χ4v) is 6.69. The summed E-state index contributed by atoms with van der Waals surface area (Å²) in [5.74, 6) is -2.91. The van der Waals surface area contributed by atoms with Gasteiger partial charge in [0.1, 0.15) is 29.5 Å². The van der Waals surface area contributed by atoms with Gasteiger partial charge in [-0.05, 0) is 17.7 Å². The van der Waals surface area contributed by atoms with Gasteiger partial charge in [0.25, 0.3) is 0 Å². The highest BCUT2D eigenvalue weighted by Crippen LogP contribution is 2.46. The summed E-state index contributed by atoms with van der Waals surface area (Å²) >= 11 is 0.919. The smallest absolute Gasteiger partial charge is 0.303 e. The van der Waals surface area contributed by atoms with Crippen molar-refractivity contribution in [1.29, 1.82) is 5.26 Å². The lowest BCUT2D eigenvalue weighted by Gasteiger charge is -2.44. The number of benzene rings is 3. The van der Waals surface area contributed by atoms with E-state index in [0.717, 1.165) is 32.5 Å². The van der Waals surface area contributed by atoms with Crippen LogP contribution >= 0.6 is 11.8 Å². The molecule has 0 saturated carbocycles. The van der Waals surface area contributed by atoms with E-state index in [1.165, 1.54) is 6.92 Å². The van der Waals surface area contributed by atoms with Crippen molar-refractivity contribution in [2.45, 2.75) is 62.6 Å². The third-order valence-corrected chi connectivity index (χ3v) is 8.69. The summed E-state index contributed by atoms with van der Waals surface area (Å²) in [5.41, 5.74) is 1.88. The van der Waals surface area contributed by atoms with Crippen LogP contribution in [-0.2, 0) is 42.9 Å². The second-order valence-corrected chi connectivity index (χ2v) is 12.5. The molecule has 5 rings (SSSR count). The van der Waals surface area contributed by atoms with Gasteiger partial charge in [0.15, 0.2) is 23.7 Å². The third-order valence-electron chi connectivity index (χ3n) is 7.56. The van der Waals surface area contributed by atoms with E-state index in [1.54, 1.807) is 12.1 Å². The molecule has 0 aliphatic carbocycles. The summed E-state index contributed by atoms with van der Waals surface area (Å²) in [5, 5.41) is 20.1. The number of ether oxygens (including phenoxy) is 5.